The van der Waals surface area contributed by atoms with Crippen LogP contribution in [-0.4, -0.2) is 43.8 Å². The van der Waals surface area contributed by atoms with E-state index >= 15 is 0 Å². The third-order valence-corrected chi connectivity index (χ3v) is 5.35. The third kappa shape index (κ3) is 3.28. The average Bonchev–Trinajstić information content (AvgIpc) is 3.35. The molecule has 1 fully saturated rings. The van der Waals surface area contributed by atoms with Crippen molar-refractivity contribution >= 4 is 5.91 Å². The zero-order valence-corrected chi connectivity index (χ0v) is 16.8. The molecule has 0 unspecified atom stereocenters. The van der Waals surface area contributed by atoms with Gasteiger partial charge in [0.15, 0.2) is 5.82 Å². The van der Waals surface area contributed by atoms with Crippen LogP contribution in [0.1, 0.15) is 33.6 Å². The van der Waals surface area contributed by atoms with Gasteiger partial charge >= 0.3 is 0 Å². The van der Waals surface area contributed by atoms with E-state index in [4.69, 9.17) is 9.62 Å². The van der Waals surface area contributed by atoms with Gasteiger partial charge in [-0.2, -0.15) is 10.1 Å². The lowest BCUT2D eigenvalue weighted by atomic mass is 9.98. The minimum atomic E-state index is -0.0414. The number of benzene rings is 2. The van der Waals surface area contributed by atoms with Gasteiger partial charge in [0.1, 0.15) is 5.69 Å². The van der Waals surface area contributed by atoms with Crippen LogP contribution in [0.25, 0.3) is 16.9 Å². The van der Waals surface area contributed by atoms with Crippen molar-refractivity contribution in [3.05, 3.63) is 83.6 Å². The van der Waals surface area contributed by atoms with E-state index in [1.54, 1.807) is 16.5 Å². The molecule has 0 bridgehead atoms. The van der Waals surface area contributed by atoms with Crippen LogP contribution in [0.4, 0.5) is 0 Å². The predicted molar refractivity (Wildman–Crippen MR) is 111 cm³/mol. The molecule has 2 aromatic heterocycles. The first-order valence-electron chi connectivity index (χ1n) is 9.90. The molecule has 1 amide bonds. The highest BCUT2D eigenvalue weighted by molar-refractivity contribution is 6.00. The quantitative estimate of drug-likeness (QED) is 0.522. The summed E-state index contributed by atoms with van der Waals surface area (Å²) >= 11 is 0. The van der Waals surface area contributed by atoms with Crippen LogP contribution in [0, 0.1) is 13.8 Å². The molecule has 3 heterocycles. The Morgan fingerprint density at radius 3 is 2.43 bits per heavy atom. The van der Waals surface area contributed by atoms with Crippen molar-refractivity contribution in [3.8, 4) is 16.9 Å². The summed E-state index contributed by atoms with van der Waals surface area (Å²) in [7, 11) is 0. The number of nitrogens with zero attached hydrogens (tertiary/aromatic N) is 5. The molecule has 7 heteroatoms. The first-order valence-corrected chi connectivity index (χ1v) is 9.90. The van der Waals surface area contributed by atoms with Crippen LogP contribution in [-0.2, 0) is 0 Å². The second kappa shape index (κ2) is 7.26. The minimum Gasteiger partial charge on any atom is -0.339 e. The Labute approximate surface area is 174 Å². The SMILES string of the molecule is Cc1ccc(-c2nn(-c3ccccc3)cc2C(=O)N2CC(c3nc(C)no3)C2)cc1. The smallest absolute Gasteiger partial charge is 0.257 e. The maximum Gasteiger partial charge on any atom is 0.257 e. The van der Waals surface area contributed by atoms with Crippen molar-refractivity contribution in [2.24, 2.45) is 0 Å². The van der Waals surface area contributed by atoms with Crippen LogP contribution in [0.2, 0.25) is 0 Å². The fraction of sp³-hybridized carbons (Fsp3) is 0.217. The lowest BCUT2D eigenvalue weighted by molar-refractivity contribution is 0.0570. The van der Waals surface area contributed by atoms with Gasteiger partial charge in [-0.05, 0) is 26.0 Å². The summed E-state index contributed by atoms with van der Waals surface area (Å²) in [5, 5.41) is 8.59. The van der Waals surface area contributed by atoms with Gasteiger partial charge in [-0.15, -0.1) is 0 Å². The van der Waals surface area contributed by atoms with E-state index in [1.165, 1.54) is 0 Å². The first kappa shape index (κ1) is 18.3. The molecular formula is C23H21N5O2. The summed E-state index contributed by atoms with van der Waals surface area (Å²) in [5.74, 6) is 1.25. The average molecular weight is 399 g/mol. The van der Waals surface area contributed by atoms with E-state index in [0.717, 1.165) is 16.8 Å². The molecule has 0 N–H and O–H groups in total. The second-order valence-electron chi connectivity index (χ2n) is 7.62. The van der Waals surface area contributed by atoms with Crippen molar-refractivity contribution in [3.63, 3.8) is 0 Å². The van der Waals surface area contributed by atoms with Gasteiger partial charge in [0, 0.05) is 24.8 Å². The Kier molecular flexibility index (Phi) is 4.43. The number of carbonyl (C=O) groups excluding carboxylic acids is 1. The number of aryl methyl sites for hydroxylation is 2. The van der Waals surface area contributed by atoms with Crippen molar-refractivity contribution in [2.45, 2.75) is 19.8 Å². The number of carbonyl (C=O) groups is 1. The van der Waals surface area contributed by atoms with E-state index in [-0.39, 0.29) is 11.8 Å². The van der Waals surface area contributed by atoms with Crippen LogP contribution in [0.5, 0.6) is 0 Å². The zero-order valence-electron chi connectivity index (χ0n) is 16.8. The maximum atomic E-state index is 13.3. The van der Waals surface area contributed by atoms with Crippen LogP contribution >= 0.6 is 0 Å². The number of rotatable bonds is 4. The second-order valence-corrected chi connectivity index (χ2v) is 7.62. The molecule has 1 aliphatic heterocycles. The lowest BCUT2D eigenvalue weighted by Crippen LogP contribution is -2.48. The summed E-state index contributed by atoms with van der Waals surface area (Å²) in [4.78, 5) is 19.4. The molecule has 30 heavy (non-hydrogen) atoms. The molecule has 5 rings (SSSR count). The number of likely N-dealkylation sites (tertiary alicyclic amines) is 1. The Morgan fingerprint density at radius 2 is 1.77 bits per heavy atom. The van der Waals surface area contributed by atoms with Gasteiger partial charge in [-0.3, -0.25) is 4.79 Å². The fourth-order valence-electron chi connectivity index (χ4n) is 3.62. The molecular weight excluding hydrogens is 378 g/mol. The molecule has 7 nitrogen and oxygen atoms in total. The topological polar surface area (TPSA) is 77.1 Å². The zero-order chi connectivity index (χ0) is 20.7. The highest BCUT2D eigenvalue weighted by Crippen LogP contribution is 2.31. The minimum absolute atomic E-state index is 0.0414. The summed E-state index contributed by atoms with van der Waals surface area (Å²) in [6, 6.07) is 17.9. The molecule has 0 saturated carbocycles. The Balaban J connectivity index is 1.46. The third-order valence-electron chi connectivity index (χ3n) is 5.35. The van der Waals surface area contributed by atoms with Gasteiger partial charge in [0.2, 0.25) is 5.89 Å². The van der Waals surface area contributed by atoms with Gasteiger partial charge in [-0.1, -0.05) is 53.2 Å². The van der Waals surface area contributed by atoms with Gasteiger partial charge in [-0.25, -0.2) is 4.68 Å². The molecule has 0 aliphatic carbocycles. The standard InChI is InChI=1S/C23H21N5O2/c1-15-8-10-17(11-9-15)21-20(14-28(25-21)19-6-4-3-5-7-19)23(29)27-12-18(13-27)22-24-16(2)26-30-22/h3-11,14,18H,12-13H2,1-2H3. The van der Waals surface area contributed by atoms with Gasteiger partial charge < -0.3 is 9.42 Å². The van der Waals surface area contributed by atoms with E-state index in [2.05, 4.69) is 10.1 Å². The molecule has 0 spiro atoms. The number of aromatic nitrogens is 4. The molecule has 1 aliphatic rings. The van der Waals surface area contributed by atoms with E-state index < -0.39 is 0 Å². The van der Waals surface area contributed by atoms with Gasteiger partial charge in [0.05, 0.1) is 17.2 Å². The Hall–Kier alpha value is -3.74. The molecule has 150 valence electrons. The number of hydrogen-bond acceptors (Lipinski definition) is 5. The fourth-order valence-corrected chi connectivity index (χ4v) is 3.62. The summed E-state index contributed by atoms with van der Waals surface area (Å²) < 4.78 is 7.02. The summed E-state index contributed by atoms with van der Waals surface area (Å²) in [6.45, 7) is 4.95. The van der Waals surface area contributed by atoms with Crippen LogP contribution in [0.15, 0.2) is 65.3 Å². The van der Waals surface area contributed by atoms with Crippen molar-refractivity contribution < 1.29 is 9.32 Å². The van der Waals surface area contributed by atoms with Crippen LogP contribution in [0.3, 0.4) is 0 Å². The normalized spacial score (nSPS) is 14.0. The molecule has 4 aromatic rings. The molecule has 0 radical (unpaired) electrons. The first-order chi connectivity index (χ1) is 14.6. The monoisotopic (exact) mass is 399 g/mol. The molecule has 1 saturated heterocycles. The summed E-state index contributed by atoms with van der Waals surface area (Å²) in [5.41, 5.74) is 4.26. The van der Waals surface area contributed by atoms with Crippen molar-refractivity contribution in [1.82, 2.24) is 24.8 Å². The van der Waals surface area contributed by atoms with E-state index in [9.17, 15) is 4.79 Å². The molecule has 2 aromatic carbocycles. The Bertz CT molecular complexity index is 1190. The van der Waals surface area contributed by atoms with Crippen molar-refractivity contribution in [2.75, 3.05) is 13.1 Å². The number of amides is 1. The molecule has 0 atom stereocenters. The number of para-hydroxylation sites is 1. The largest absolute Gasteiger partial charge is 0.339 e. The highest BCUT2D eigenvalue weighted by Gasteiger charge is 2.37. The Morgan fingerprint density at radius 1 is 1.03 bits per heavy atom. The van der Waals surface area contributed by atoms with E-state index in [1.807, 2.05) is 67.7 Å². The van der Waals surface area contributed by atoms with Gasteiger partial charge in [0.25, 0.3) is 5.91 Å². The predicted octanol–water partition coefficient (Wildman–Crippen LogP) is 3.78. The summed E-state index contributed by atoms with van der Waals surface area (Å²) in [6.07, 6.45) is 1.82. The maximum absolute atomic E-state index is 13.3. The van der Waals surface area contributed by atoms with Crippen LogP contribution < -0.4 is 0 Å². The van der Waals surface area contributed by atoms with Crippen molar-refractivity contribution in [1.29, 1.82) is 0 Å². The van der Waals surface area contributed by atoms with E-state index in [0.29, 0.717) is 36.1 Å². The highest BCUT2D eigenvalue weighted by atomic mass is 16.5. The number of hydrogen-bond donors (Lipinski definition) is 0. The lowest BCUT2D eigenvalue weighted by Gasteiger charge is -2.37.